The second kappa shape index (κ2) is 9.30. The van der Waals surface area contributed by atoms with Crippen LogP contribution in [0.4, 0.5) is 0 Å². The number of pyridine rings is 1. The first-order valence-electron chi connectivity index (χ1n) is 11.5. The molecule has 1 unspecified atom stereocenters. The van der Waals surface area contributed by atoms with E-state index in [-0.39, 0.29) is 11.9 Å². The normalized spacial score (nSPS) is 17.6. The smallest absolute Gasteiger partial charge is 0.338 e. The molecule has 3 aromatic rings. The van der Waals surface area contributed by atoms with Gasteiger partial charge in [0.15, 0.2) is 0 Å². The highest BCUT2D eigenvalue weighted by atomic mass is 16.5. The molecule has 0 spiro atoms. The van der Waals surface area contributed by atoms with Crippen molar-refractivity contribution in [1.29, 1.82) is 0 Å². The van der Waals surface area contributed by atoms with Gasteiger partial charge in [0.2, 0.25) is 0 Å². The number of hydrogen-bond acceptors (Lipinski definition) is 8. The SMILES string of the molecule is Cc1cc(C(=O)NCC2CCN(CCc3ccc4c(c3C)COC4=O)C2)ncc1-n1cnnn1. The molecule has 10 heteroatoms. The van der Waals surface area contributed by atoms with E-state index in [0.29, 0.717) is 30.3 Å². The van der Waals surface area contributed by atoms with Crippen LogP contribution in [0.2, 0.25) is 0 Å². The summed E-state index contributed by atoms with van der Waals surface area (Å²) >= 11 is 0. The van der Waals surface area contributed by atoms with Crippen LogP contribution in [0.3, 0.4) is 0 Å². The molecular weight excluding hydrogens is 434 g/mol. The molecule has 1 fully saturated rings. The molecule has 2 aromatic heterocycles. The van der Waals surface area contributed by atoms with Gasteiger partial charge in [0.25, 0.3) is 5.91 Å². The lowest BCUT2D eigenvalue weighted by atomic mass is 9.97. The second-order valence-corrected chi connectivity index (χ2v) is 8.98. The largest absolute Gasteiger partial charge is 0.457 e. The highest BCUT2D eigenvalue weighted by Crippen LogP contribution is 2.26. The van der Waals surface area contributed by atoms with E-state index in [2.05, 4.69) is 37.6 Å². The van der Waals surface area contributed by atoms with Gasteiger partial charge in [-0.25, -0.2) is 9.78 Å². The number of esters is 1. The average Bonchev–Trinajstić information content (AvgIpc) is 3.59. The van der Waals surface area contributed by atoms with Crippen LogP contribution >= 0.6 is 0 Å². The van der Waals surface area contributed by atoms with Crippen molar-refractivity contribution in [1.82, 2.24) is 35.4 Å². The van der Waals surface area contributed by atoms with Gasteiger partial charge in [-0.05, 0) is 78.4 Å². The fourth-order valence-corrected chi connectivity index (χ4v) is 4.74. The summed E-state index contributed by atoms with van der Waals surface area (Å²) in [6.07, 6.45) is 5.09. The summed E-state index contributed by atoms with van der Waals surface area (Å²) in [4.78, 5) is 31.1. The van der Waals surface area contributed by atoms with Gasteiger partial charge in [-0.2, -0.15) is 4.68 Å². The Morgan fingerprint density at radius 3 is 2.97 bits per heavy atom. The molecule has 0 aliphatic carbocycles. The number of nitrogens with one attached hydrogen (secondary N) is 1. The number of carbonyl (C=O) groups is 2. The lowest BCUT2D eigenvalue weighted by molar-refractivity contribution is 0.0534. The Morgan fingerprint density at radius 1 is 1.29 bits per heavy atom. The maximum Gasteiger partial charge on any atom is 0.338 e. The van der Waals surface area contributed by atoms with Gasteiger partial charge in [0, 0.05) is 25.2 Å². The molecule has 1 saturated heterocycles. The minimum absolute atomic E-state index is 0.171. The fourth-order valence-electron chi connectivity index (χ4n) is 4.74. The number of carbonyl (C=O) groups excluding carboxylic acids is 2. The first-order valence-corrected chi connectivity index (χ1v) is 11.5. The number of hydrogen-bond donors (Lipinski definition) is 1. The number of benzene rings is 1. The van der Waals surface area contributed by atoms with E-state index in [0.717, 1.165) is 49.3 Å². The van der Waals surface area contributed by atoms with Crippen LogP contribution in [-0.4, -0.2) is 68.1 Å². The van der Waals surface area contributed by atoms with Crippen LogP contribution in [0, 0.1) is 19.8 Å². The number of fused-ring (bicyclic) bond motifs is 1. The molecule has 2 aliphatic heterocycles. The van der Waals surface area contributed by atoms with E-state index in [4.69, 9.17) is 4.74 Å². The van der Waals surface area contributed by atoms with Crippen LogP contribution in [0.15, 0.2) is 30.7 Å². The van der Waals surface area contributed by atoms with Crippen LogP contribution in [0.1, 0.15) is 49.5 Å². The number of rotatable bonds is 7. The Bertz CT molecular complexity index is 1230. The summed E-state index contributed by atoms with van der Waals surface area (Å²) in [6.45, 7) is 7.91. The molecule has 5 rings (SSSR count). The van der Waals surface area contributed by atoms with Crippen LogP contribution in [0.25, 0.3) is 5.69 Å². The Morgan fingerprint density at radius 2 is 2.18 bits per heavy atom. The van der Waals surface area contributed by atoms with E-state index in [1.807, 2.05) is 19.1 Å². The van der Waals surface area contributed by atoms with Gasteiger partial charge < -0.3 is 15.0 Å². The molecule has 1 N–H and O–H groups in total. The highest BCUT2D eigenvalue weighted by Gasteiger charge is 2.26. The van der Waals surface area contributed by atoms with Gasteiger partial charge in [0.05, 0.1) is 17.4 Å². The molecular formula is C24H27N7O3. The number of aryl methyl sites for hydroxylation is 1. The molecule has 1 aromatic carbocycles. The first-order chi connectivity index (χ1) is 16.5. The van der Waals surface area contributed by atoms with Gasteiger partial charge in [-0.1, -0.05) is 6.07 Å². The lowest BCUT2D eigenvalue weighted by Gasteiger charge is -2.17. The highest BCUT2D eigenvalue weighted by molar-refractivity contribution is 5.94. The third-order valence-corrected chi connectivity index (χ3v) is 6.81. The van der Waals surface area contributed by atoms with Gasteiger partial charge in [-0.3, -0.25) is 4.79 Å². The number of nitrogens with zero attached hydrogens (tertiary/aromatic N) is 6. The van der Waals surface area contributed by atoms with Gasteiger partial charge in [-0.15, -0.1) is 5.10 Å². The molecule has 0 radical (unpaired) electrons. The Kier molecular flexibility index (Phi) is 6.06. The lowest BCUT2D eigenvalue weighted by Crippen LogP contribution is -2.32. The predicted molar refractivity (Wildman–Crippen MR) is 123 cm³/mol. The number of tetrazole rings is 1. The standard InChI is InChI=1S/C24H27N7O3/c1-15-9-21(25-11-22(15)31-14-27-28-29-31)23(32)26-10-17-5-7-30(12-17)8-6-18-3-4-19-20(16(18)2)13-34-24(19)33/h3-4,9,11,14,17H,5-8,10,12-13H2,1-2H3,(H,26,32). The Balaban J connectivity index is 1.11. The summed E-state index contributed by atoms with van der Waals surface area (Å²) < 4.78 is 6.68. The van der Waals surface area contributed by atoms with Crippen molar-refractivity contribution in [3.05, 3.63) is 64.2 Å². The maximum absolute atomic E-state index is 12.6. The molecule has 1 atom stereocenters. The number of aromatic nitrogens is 5. The Labute approximate surface area is 197 Å². The molecule has 1 amide bonds. The summed E-state index contributed by atoms with van der Waals surface area (Å²) in [5.41, 5.74) is 6.16. The van der Waals surface area contributed by atoms with E-state index >= 15 is 0 Å². The second-order valence-electron chi connectivity index (χ2n) is 8.98. The van der Waals surface area contributed by atoms with Crippen molar-refractivity contribution in [2.75, 3.05) is 26.2 Å². The van der Waals surface area contributed by atoms with Crippen molar-refractivity contribution >= 4 is 11.9 Å². The molecule has 10 nitrogen and oxygen atoms in total. The van der Waals surface area contributed by atoms with E-state index in [9.17, 15) is 9.59 Å². The molecule has 0 saturated carbocycles. The summed E-state index contributed by atoms with van der Waals surface area (Å²) in [7, 11) is 0. The number of ether oxygens (including phenoxy) is 1. The monoisotopic (exact) mass is 461 g/mol. The first kappa shape index (κ1) is 22.1. The minimum atomic E-state index is -0.220. The third-order valence-electron chi connectivity index (χ3n) is 6.81. The zero-order chi connectivity index (χ0) is 23.7. The molecule has 176 valence electrons. The van der Waals surface area contributed by atoms with Crippen molar-refractivity contribution in [3.63, 3.8) is 0 Å². The molecule has 34 heavy (non-hydrogen) atoms. The van der Waals surface area contributed by atoms with Crippen LogP contribution < -0.4 is 5.32 Å². The number of amides is 1. The van der Waals surface area contributed by atoms with E-state index in [1.54, 1.807) is 12.3 Å². The third kappa shape index (κ3) is 4.41. The zero-order valence-corrected chi connectivity index (χ0v) is 19.3. The van der Waals surface area contributed by atoms with Crippen molar-refractivity contribution in [2.24, 2.45) is 5.92 Å². The number of likely N-dealkylation sites (tertiary alicyclic amines) is 1. The van der Waals surface area contributed by atoms with Gasteiger partial charge in [0.1, 0.15) is 18.6 Å². The fraction of sp³-hybridized carbons (Fsp3) is 0.417. The predicted octanol–water partition coefficient (Wildman–Crippen LogP) is 1.64. The van der Waals surface area contributed by atoms with Crippen molar-refractivity contribution in [3.8, 4) is 5.69 Å². The summed E-state index contributed by atoms with van der Waals surface area (Å²) in [6, 6.07) is 5.69. The van der Waals surface area contributed by atoms with Crippen molar-refractivity contribution in [2.45, 2.75) is 33.3 Å². The molecule has 0 bridgehead atoms. The average molecular weight is 462 g/mol. The summed E-state index contributed by atoms with van der Waals surface area (Å²) in [5.74, 6) is 0.0240. The van der Waals surface area contributed by atoms with Gasteiger partial charge >= 0.3 is 5.97 Å². The van der Waals surface area contributed by atoms with Crippen LogP contribution in [0.5, 0.6) is 0 Å². The zero-order valence-electron chi connectivity index (χ0n) is 19.3. The Hall–Kier alpha value is -3.66. The molecule has 2 aliphatic rings. The maximum atomic E-state index is 12.6. The minimum Gasteiger partial charge on any atom is -0.457 e. The van der Waals surface area contributed by atoms with E-state index in [1.165, 1.54) is 22.1 Å². The topological polar surface area (TPSA) is 115 Å². The van der Waals surface area contributed by atoms with Crippen LogP contribution in [-0.2, 0) is 17.8 Å². The van der Waals surface area contributed by atoms with Crippen molar-refractivity contribution < 1.29 is 14.3 Å². The quantitative estimate of drug-likeness (QED) is 0.528. The number of cyclic esters (lactones) is 1. The van der Waals surface area contributed by atoms with E-state index < -0.39 is 0 Å². The molecule has 4 heterocycles. The summed E-state index contributed by atoms with van der Waals surface area (Å²) in [5, 5.41) is 14.2.